The first-order valence-electron chi connectivity index (χ1n) is 12.4. The van der Waals surface area contributed by atoms with Crippen molar-refractivity contribution in [2.75, 3.05) is 12.3 Å². The molecule has 0 saturated heterocycles. The SMILES string of the molecule is CCCCNC(=O)C(Cc1ccccc1)N(Cc1ccc(F)cc1)C(=O)CSCc1ccc(C)cc1. The van der Waals surface area contributed by atoms with Gasteiger partial charge in [0.05, 0.1) is 5.75 Å². The zero-order chi connectivity index (χ0) is 25.8. The Balaban J connectivity index is 1.81. The molecule has 3 aromatic carbocycles. The number of carbonyl (C=O) groups is 2. The van der Waals surface area contributed by atoms with E-state index in [0.717, 1.165) is 29.5 Å². The van der Waals surface area contributed by atoms with Crippen LogP contribution in [0.15, 0.2) is 78.9 Å². The van der Waals surface area contributed by atoms with E-state index in [-0.39, 0.29) is 29.9 Å². The molecule has 0 spiro atoms. The van der Waals surface area contributed by atoms with Gasteiger partial charge in [-0.1, -0.05) is 85.6 Å². The van der Waals surface area contributed by atoms with Gasteiger partial charge in [-0.3, -0.25) is 9.59 Å². The maximum atomic E-state index is 13.6. The first-order chi connectivity index (χ1) is 17.5. The number of thioether (sulfide) groups is 1. The summed E-state index contributed by atoms with van der Waals surface area (Å²) >= 11 is 1.54. The van der Waals surface area contributed by atoms with Crippen molar-refractivity contribution in [1.29, 1.82) is 0 Å². The van der Waals surface area contributed by atoms with Crippen LogP contribution >= 0.6 is 11.8 Å². The van der Waals surface area contributed by atoms with Crippen LogP contribution in [0.5, 0.6) is 0 Å². The second-order valence-electron chi connectivity index (χ2n) is 8.98. The van der Waals surface area contributed by atoms with Crippen LogP contribution in [-0.4, -0.2) is 35.1 Å². The number of benzene rings is 3. The molecule has 6 heteroatoms. The number of rotatable bonds is 13. The van der Waals surface area contributed by atoms with Crippen molar-refractivity contribution in [3.63, 3.8) is 0 Å². The minimum Gasteiger partial charge on any atom is -0.354 e. The number of carbonyl (C=O) groups excluding carboxylic acids is 2. The van der Waals surface area contributed by atoms with Gasteiger partial charge in [0.1, 0.15) is 11.9 Å². The molecule has 0 aliphatic carbocycles. The Morgan fingerprint density at radius 2 is 1.58 bits per heavy atom. The van der Waals surface area contributed by atoms with Crippen molar-refractivity contribution in [3.05, 3.63) is 107 Å². The molecule has 0 radical (unpaired) electrons. The number of aryl methyl sites for hydroxylation is 1. The summed E-state index contributed by atoms with van der Waals surface area (Å²) in [6.07, 6.45) is 2.26. The summed E-state index contributed by atoms with van der Waals surface area (Å²) in [5.41, 5.74) is 4.12. The molecule has 2 amide bonds. The van der Waals surface area contributed by atoms with Gasteiger partial charge >= 0.3 is 0 Å². The highest BCUT2D eigenvalue weighted by molar-refractivity contribution is 7.99. The molecule has 0 aliphatic heterocycles. The molecule has 36 heavy (non-hydrogen) atoms. The van der Waals surface area contributed by atoms with E-state index in [2.05, 4.69) is 36.5 Å². The van der Waals surface area contributed by atoms with Crippen LogP contribution in [-0.2, 0) is 28.3 Å². The quantitative estimate of drug-likeness (QED) is 0.293. The van der Waals surface area contributed by atoms with E-state index in [1.54, 1.807) is 17.0 Å². The van der Waals surface area contributed by atoms with E-state index in [4.69, 9.17) is 0 Å². The maximum Gasteiger partial charge on any atom is 0.243 e. The highest BCUT2D eigenvalue weighted by Crippen LogP contribution is 2.19. The Kier molecular flexibility index (Phi) is 11.0. The summed E-state index contributed by atoms with van der Waals surface area (Å²) in [5.74, 6) is 0.364. The Morgan fingerprint density at radius 1 is 0.917 bits per heavy atom. The maximum absolute atomic E-state index is 13.6. The van der Waals surface area contributed by atoms with E-state index >= 15 is 0 Å². The third kappa shape index (κ3) is 8.83. The van der Waals surface area contributed by atoms with Crippen LogP contribution in [0.4, 0.5) is 4.39 Å². The zero-order valence-electron chi connectivity index (χ0n) is 21.1. The summed E-state index contributed by atoms with van der Waals surface area (Å²) in [5, 5.41) is 3.02. The molecule has 0 aliphatic rings. The number of hydrogen-bond acceptors (Lipinski definition) is 3. The van der Waals surface area contributed by atoms with Crippen LogP contribution in [0.1, 0.15) is 42.0 Å². The van der Waals surface area contributed by atoms with Crippen LogP contribution < -0.4 is 5.32 Å². The van der Waals surface area contributed by atoms with Crippen molar-refractivity contribution in [1.82, 2.24) is 10.2 Å². The van der Waals surface area contributed by atoms with Gasteiger partial charge in [-0.2, -0.15) is 0 Å². The summed E-state index contributed by atoms with van der Waals surface area (Å²) in [7, 11) is 0. The van der Waals surface area contributed by atoms with Gasteiger partial charge in [-0.25, -0.2) is 4.39 Å². The van der Waals surface area contributed by atoms with Crippen molar-refractivity contribution in [2.24, 2.45) is 0 Å². The fourth-order valence-corrected chi connectivity index (χ4v) is 4.74. The molecule has 1 N–H and O–H groups in total. The highest BCUT2D eigenvalue weighted by atomic mass is 32.2. The fraction of sp³-hybridized carbons (Fsp3) is 0.333. The summed E-state index contributed by atoms with van der Waals surface area (Å²) in [6.45, 7) is 4.93. The van der Waals surface area contributed by atoms with E-state index < -0.39 is 6.04 Å². The normalized spacial score (nSPS) is 11.6. The van der Waals surface area contributed by atoms with E-state index in [1.807, 2.05) is 37.3 Å². The van der Waals surface area contributed by atoms with Gasteiger partial charge < -0.3 is 10.2 Å². The lowest BCUT2D eigenvalue weighted by Gasteiger charge is -2.31. The van der Waals surface area contributed by atoms with Crippen molar-refractivity contribution < 1.29 is 14.0 Å². The average Bonchev–Trinajstić information content (AvgIpc) is 2.89. The zero-order valence-corrected chi connectivity index (χ0v) is 21.9. The molecule has 0 bridgehead atoms. The molecule has 1 atom stereocenters. The predicted molar refractivity (Wildman–Crippen MR) is 146 cm³/mol. The molecular formula is C30H35FN2O2S. The number of hydrogen-bond donors (Lipinski definition) is 1. The lowest BCUT2D eigenvalue weighted by atomic mass is 10.0. The summed E-state index contributed by atoms with van der Waals surface area (Å²) in [6, 6.07) is 23.5. The monoisotopic (exact) mass is 506 g/mol. The minimum atomic E-state index is -0.665. The highest BCUT2D eigenvalue weighted by Gasteiger charge is 2.30. The first kappa shape index (κ1) is 27.5. The Hall–Kier alpha value is -3.12. The van der Waals surface area contributed by atoms with E-state index in [9.17, 15) is 14.0 Å². The van der Waals surface area contributed by atoms with Crippen molar-refractivity contribution >= 4 is 23.6 Å². The third-order valence-corrected chi connectivity index (χ3v) is 6.97. The number of nitrogens with one attached hydrogen (secondary N) is 1. The predicted octanol–water partition coefficient (Wildman–Crippen LogP) is 5.92. The van der Waals surface area contributed by atoms with Gasteiger partial charge in [0.2, 0.25) is 11.8 Å². The number of nitrogens with zero attached hydrogens (tertiary/aromatic N) is 1. The number of unbranched alkanes of at least 4 members (excludes halogenated alkanes) is 1. The Bertz CT molecular complexity index is 1090. The summed E-state index contributed by atoms with van der Waals surface area (Å²) < 4.78 is 13.5. The Labute approximate surface area is 218 Å². The second kappa shape index (κ2) is 14.4. The average molecular weight is 507 g/mol. The molecule has 190 valence electrons. The van der Waals surface area contributed by atoms with Crippen LogP contribution in [0.3, 0.4) is 0 Å². The minimum absolute atomic E-state index is 0.108. The molecule has 1 unspecified atom stereocenters. The fourth-order valence-electron chi connectivity index (χ4n) is 3.87. The topological polar surface area (TPSA) is 49.4 Å². The van der Waals surface area contributed by atoms with Crippen molar-refractivity contribution in [2.45, 2.75) is 51.4 Å². The lowest BCUT2D eigenvalue weighted by Crippen LogP contribution is -2.51. The first-order valence-corrected chi connectivity index (χ1v) is 13.6. The Morgan fingerprint density at radius 3 is 2.25 bits per heavy atom. The van der Waals surface area contributed by atoms with Crippen molar-refractivity contribution in [3.8, 4) is 0 Å². The van der Waals surface area contributed by atoms with Gasteiger partial charge in [0.25, 0.3) is 0 Å². The molecule has 0 heterocycles. The van der Waals surface area contributed by atoms with Gasteiger partial charge in [0, 0.05) is 25.3 Å². The molecule has 0 aromatic heterocycles. The van der Waals surface area contributed by atoms with E-state index in [0.29, 0.717) is 18.7 Å². The second-order valence-corrected chi connectivity index (χ2v) is 9.96. The molecular weight excluding hydrogens is 471 g/mol. The van der Waals surface area contributed by atoms with E-state index in [1.165, 1.54) is 29.5 Å². The smallest absolute Gasteiger partial charge is 0.243 e. The van der Waals surface area contributed by atoms with Crippen LogP contribution in [0, 0.1) is 12.7 Å². The van der Waals surface area contributed by atoms with Crippen LogP contribution in [0.2, 0.25) is 0 Å². The summed E-state index contributed by atoms with van der Waals surface area (Å²) in [4.78, 5) is 28.6. The molecule has 0 saturated carbocycles. The number of amides is 2. The number of halogens is 1. The third-order valence-electron chi connectivity index (χ3n) is 5.98. The van der Waals surface area contributed by atoms with Gasteiger partial charge in [0.15, 0.2) is 0 Å². The molecule has 0 fully saturated rings. The van der Waals surface area contributed by atoms with Gasteiger partial charge in [-0.15, -0.1) is 11.8 Å². The molecule has 3 rings (SSSR count). The largest absolute Gasteiger partial charge is 0.354 e. The standard InChI is InChI=1S/C30H35FN2O2S/c1-3-4-18-32-30(35)28(19-24-8-6-5-7-9-24)33(20-25-14-16-27(31)17-15-25)29(34)22-36-21-26-12-10-23(2)11-13-26/h5-17,28H,3-4,18-22H2,1-2H3,(H,32,35). The van der Waals surface area contributed by atoms with Gasteiger partial charge in [-0.05, 0) is 42.2 Å². The molecule has 4 nitrogen and oxygen atoms in total. The lowest BCUT2D eigenvalue weighted by molar-refractivity contribution is -0.139. The van der Waals surface area contributed by atoms with Crippen LogP contribution in [0.25, 0.3) is 0 Å². The molecule has 3 aromatic rings.